The Morgan fingerprint density at radius 3 is 2.20 bits per heavy atom. The van der Waals surface area contributed by atoms with Gasteiger partial charge in [-0.25, -0.2) is 8.42 Å². The van der Waals surface area contributed by atoms with Crippen LogP contribution in [0.15, 0.2) is 88.8 Å². The maximum absolute atomic E-state index is 12.5. The maximum atomic E-state index is 12.5. The van der Waals surface area contributed by atoms with E-state index in [1.165, 1.54) is 5.56 Å². The molecule has 0 heterocycles. The minimum Gasteiger partial charge on any atom is -0.277 e. The summed E-state index contributed by atoms with van der Waals surface area (Å²) in [4.78, 5) is 4.65. The minimum absolute atomic E-state index is 0.215. The van der Waals surface area contributed by atoms with Crippen LogP contribution < -0.4 is 4.72 Å². The first-order chi connectivity index (χ1) is 12.0. The van der Waals surface area contributed by atoms with Gasteiger partial charge in [0.1, 0.15) is 0 Å². The number of aryl methyl sites for hydroxylation is 1. The highest BCUT2D eigenvalue weighted by Gasteiger charge is 2.14. The number of rotatable bonds is 5. The molecule has 3 aromatic carbocycles. The summed E-state index contributed by atoms with van der Waals surface area (Å²) in [5.74, 6) is 0. The Balaban J connectivity index is 1.87. The number of hydrogen-bond donors (Lipinski definition) is 1. The van der Waals surface area contributed by atoms with E-state index in [4.69, 9.17) is 0 Å². The van der Waals surface area contributed by atoms with E-state index < -0.39 is 10.0 Å². The summed E-state index contributed by atoms with van der Waals surface area (Å²) in [7, 11) is -3.65. The van der Waals surface area contributed by atoms with Crippen LogP contribution >= 0.6 is 0 Å². The van der Waals surface area contributed by atoms with Crippen molar-refractivity contribution >= 4 is 27.6 Å². The zero-order chi connectivity index (χ0) is 17.7. The summed E-state index contributed by atoms with van der Waals surface area (Å²) in [6.45, 7) is 2.02. The Kier molecular flexibility index (Phi) is 4.95. The van der Waals surface area contributed by atoms with E-state index in [2.05, 4.69) is 9.71 Å². The molecule has 0 atom stereocenters. The Hall–Kier alpha value is -2.92. The van der Waals surface area contributed by atoms with Gasteiger partial charge in [0.05, 0.1) is 16.3 Å². The van der Waals surface area contributed by atoms with Crippen LogP contribution in [0, 0.1) is 6.92 Å². The molecule has 0 amide bonds. The van der Waals surface area contributed by atoms with Crippen molar-refractivity contribution in [3.05, 3.63) is 90.0 Å². The highest BCUT2D eigenvalue weighted by molar-refractivity contribution is 7.92. The van der Waals surface area contributed by atoms with Crippen molar-refractivity contribution in [2.75, 3.05) is 4.72 Å². The first kappa shape index (κ1) is 16.9. The van der Waals surface area contributed by atoms with Crippen LogP contribution in [0.2, 0.25) is 0 Å². The van der Waals surface area contributed by atoms with Gasteiger partial charge in [0.15, 0.2) is 0 Å². The van der Waals surface area contributed by atoms with Gasteiger partial charge in [-0.1, -0.05) is 60.2 Å². The van der Waals surface area contributed by atoms with Gasteiger partial charge in [-0.2, -0.15) is 0 Å². The summed E-state index contributed by atoms with van der Waals surface area (Å²) in [6, 6.07) is 23.3. The summed E-state index contributed by atoms with van der Waals surface area (Å²) in [5, 5.41) is 0. The van der Waals surface area contributed by atoms with E-state index in [-0.39, 0.29) is 4.90 Å². The Morgan fingerprint density at radius 1 is 0.840 bits per heavy atom. The van der Waals surface area contributed by atoms with Crippen LogP contribution in [-0.2, 0) is 10.0 Å². The number of anilines is 1. The van der Waals surface area contributed by atoms with Crippen molar-refractivity contribution in [1.82, 2.24) is 0 Å². The fourth-order valence-electron chi connectivity index (χ4n) is 2.27. The van der Waals surface area contributed by atoms with Gasteiger partial charge in [0.25, 0.3) is 10.0 Å². The second-order valence-electron chi connectivity index (χ2n) is 5.60. The highest BCUT2D eigenvalue weighted by atomic mass is 32.2. The predicted molar refractivity (Wildman–Crippen MR) is 102 cm³/mol. The maximum Gasteiger partial charge on any atom is 0.261 e. The number of para-hydroxylation sites is 2. The quantitative estimate of drug-likeness (QED) is 0.687. The summed E-state index contributed by atoms with van der Waals surface area (Å²) < 4.78 is 27.6. The van der Waals surface area contributed by atoms with Crippen molar-refractivity contribution in [3.63, 3.8) is 0 Å². The van der Waals surface area contributed by atoms with Crippen LogP contribution in [0.3, 0.4) is 0 Å². The number of aliphatic imine (C=N–C) groups is 1. The third-order valence-electron chi connectivity index (χ3n) is 3.63. The molecular formula is C20H18N2O2S. The number of nitrogens with zero attached hydrogens (tertiary/aromatic N) is 1. The summed E-state index contributed by atoms with van der Waals surface area (Å²) >= 11 is 0. The molecule has 0 unspecified atom stereocenters. The summed E-state index contributed by atoms with van der Waals surface area (Å²) in [5.41, 5.74) is 3.12. The normalized spacial score (nSPS) is 11.6. The highest BCUT2D eigenvalue weighted by Crippen LogP contribution is 2.26. The molecule has 3 aromatic rings. The molecule has 3 rings (SSSR count). The molecule has 4 nitrogen and oxygen atoms in total. The fourth-order valence-corrected chi connectivity index (χ4v) is 3.37. The number of sulfonamides is 1. The molecule has 126 valence electrons. The topological polar surface area (TPSA) is 58.5 Å². The van der Waals surface area contributed by atoms with Gasteiger partial charge in [0.2, 0.25) is 0 Å². The molecular weight excluding hydrogens is 332 g/mol. The van der Waals surface area contributed by atoms with Crippen LogP contribution in [0.25, 0.3) is 0 Å². The van der Waals surface area contributed by atoms with Crippen molar-refractivity contribution in [2.45, 2.75) is 11.8 Å². The van der Waals surface area contributed by atoms with Crippen molar-refractivity contribution in [1.29, 1.82) is 0 Å². The van der Waals surface area contributed by atoms with Gasteiger partial charge in [-0.05, 0) is 36.8 Å². The SMILES string of the molecule is Cc1ccc(C=Nc2ccccc2NS(=O)(=O)c2ccccc2)cc1. The number of benzene rings is 3. The molecule has 0 aromatic heterocycles. The van der Waals surface area contributed by atoms with Crippen LogP contribution in [0.5, 0.6) is 0 Å². The average molecular weight is 350 g/mol. The van der Waals surface area contributed by atoms with E-state index in [0.717, 1.165) is 5.56 Å². The second-order valence-corrected chi connectivity index (χ2v) is 7.29. The lowest BCUT2D eigenvalue weighted by Gasteiger charge is -2.10. The van der Waals surface area contributed by atoms with E-state index in [1.54, 1.807) is 54.7 Å². The lowest BCUT2D eigenvalue weighted by atomic mass is 10.2. The molecule has 0 spiro atoms. The molecule has 0 saturated carbocycles. The van der Waals surface area contributed by atoms with Gasteiger partial charge in [0, 0.05) is 6.21 Å². The Labute approximate surface area is 147 Å². The Bertz CT molecular complexity index is 980. The van der Waals surface area contributed by atoms with E-state index in [9.17, 15) is 8.42 Å². The molecule has 0 aliphatic carbocycles. The first-order valence-electron chi connectivity index (χ1n) is 7.82. The van der Waals surface area contributed by atoms with Crippen LogP contribution in [-0.4, -0.2) is 14.6 Å². The Morgan fingerprint density at radius 2 is 1.48 bits per heavy atom. The number of hydrogen-bond acceptors (Lipinski definition) is 3. The lowest BCUT2D eigenvalue weighted by molar-refractivity contribution is 0.601. The van der Waals surface area contributed by atoms with Crippen molar-refractivity contribution in [3.8, 4) is 0 Å². The molecule has 0 aliphatic rings. The van der Waals surface area contributed by atoms with Gasteiger partial charge in [-0.3, -0.25) is 9.71 Å². The first-order valence-corrected chi connectivity index (χ1v) is 9.30. The third-order valence-corrected chi connectivity index (χ3v) is 5.01. The minimum atomic E-state index is -3.65. The molecule has 0 radical (unpaired) electrons. The standard InChI is InChI=1S/C20H18N2O2S/c1-16-11-13-17(14-12-16)15-21-19-9-5-6-10-20(19)22-25(23,24)18-7-3-2-4-8-18/h2-15,22H,1H3. The van der Waals surface area contributed by atoms with E-state index in [1.807, 2.05) is 37.3 Å². The van der Waals surface area contributed by atoms with E-state index in [0.29, 0.717) is 11.4 Å². The second kappa shape index (κ2) is 7.32. The summed E-state index contributed by atoms with van der Waals surface area (Å²) in [6.07, 6.45) is 1.72. The average Bonchev–Trinajstić information content (AvgIpc) is 2.63. The molecule has 1 N–H and O–H groups in total. The van der Waals surface area contributed by atoms with Gasteiger partial charge >= 0.3 is 0 Å². The largest absolute Gasteiger partial charge is 0.277 e. The third kappa shape index (κ3) is 4.33. The molecule has 25 heavy (non-hydrogen) atoms. The molecule has 5 heteroatoms. The smallest absolute Gasteiger partial charge is 0.261 e. The van der Waals surface area contributed by atoms with Crippen molar-refractivity contribution < 1.29 is 8.42 Å². The fraction of sp³-hybridized carbons (Fsp3) is 0.0500. The molecule has 0 fully saturated rings. The van der Waals surface area contributed by atoms with Gasteiger partial charge < -0.3 is 0 Å². The van der Waals surface area contributed by atoms with Gasteiger partial charge in [-0.15, -0.1) is 0 Å². The lowest BCUT2D eigenvalue weighted by Crippen LogP contribution is -2.12. The van der Waals surface area contributed by atoms with Crippen molar-refractivity contribution in [2.24, 2.45) is 4.99 Å². The predicted octanol–water partition coefficient (Wildman–Crippen LogP) is 4.55. The number of nitrogens with one attached hydrogen (secondary N) is 1. The van der Waals surface area contributed by atoms with Crippen LogP contribution in [0.1, 0.15) is 11.1 Å². The zero-order valence-electron chi connectivity index (χ0n) is 13.8. The zero-order valence-corrected chi connectivity index (χ0v) is 14.6. The molecule has 0 bridgehead atoms. The monoisotopic (exact) mass is 350 g/mol. The molecule has 0 saturated heterocycles. The van der Waals surface area contributed by atoms with E-state index >= 15 is 0 Å². The molecule has 0 aliphatic heterocycles. The van der Waals surface area contributed by atoms with Crippen LogP contribution in [0.4, 0.5) is 11.4 Å².